The summed E-state index contributed by atoms with van der Waals surface area (Å²) in [5.41, 5.74) is 12.3. The SMILES string of the molecule is c1ccc(-c2ccc(-c3cccc(-c4cc(-c5cc6ccccc6c6ccccc56)cc(-c5cccc6c5sc5ccccc56)c4)c3)cc2)cc1. The summed E-state index contributed by atoms with van der Waals surface area (Å²) in [7, 11) is 0. The first-order valence-corrected chi connectivity index (χ1v) is 18.3. The molecule has 9 aromatic carbocycles. The molecule has 238 valence electrons. The third kappa shape index (κ3) is 5.22. The van der Waals surface area contributed by atoms with Crippen molar-refractivity contribution in [3.8, 4) is 55.6 Å². The zero-order chi connectivity index (χ0) is 33.7. The molecule has 0 atom stereocenters. The minimum Gasteiger partial charge on any atom is -0.135 e. The summed E-state index contributed by atoms with van der Waals surface area (Å²) in [6.45, 7) is 0. The van der Waals surface area contributed by atoms with E-state index in [0.717, 1.165) is 0 Å². The molecule has 10 rings (SSSR count). The van der Waals surface area contributed by atoms with Gasteiger partial charge in [0.25, 0.3) is 0 Å². The molecule has 0 spiro atoms. The average molecular weight is 665 g/mol. The first-order valence-electron chi connectivity index (χ1n) is 17.5. The van der Waals surface area contributed by atoms with E-state index < -0.39 is 0 Å². The van der Waals surface area contributed by atoms with Gasteiger partial charge in [-0.05, 0) is 114 Å². The predicted octanol–water partition coefficient (Wildman–Crippen LogP) is 14.7. The van der Waals surface area contributed by atoms with E-state index in [9.17, 15) is 0 Å². The summed E-state index contributed by atoms with van der Waals surface area (Å²) in [6.07, 6.45) is 0. The van der Waals surface area contributed by atoms with Crippen molar-refractivity contribution in [2.45, 2.75) is 0 Å². The van der Waals surface area contributed by atoms with Gasteiger partial charge in [0.1, 0.15) is 0 Å². The van der Waals surface area contributed by atoms with Crippen molar-refractivity contribution in [1.29, 1.82) is 0 Å². The number of thiophene rings is 1. The van der Waals surface area contributed by atoms with E-state index in [0.29, 0.717) is 0 Å². The third-order valence-electron chi connectivity index (χ3n) is 10.2. The van der Waals surface area contributed by atoms with E-state index in [-0.39, 0.29) is 0 Å². The lowest BCUT2D eigenvalue weighted by Gasteiger charge is -2.15. The zero-order valence-electron chi connectivity index (χ0n) is 27.9. The van der Waals surface area contributed by atoms with Crippen LogP contribution in [0.3, 0.4) is 0 Å². The summed E-state index contributed by atoms with van der Waals surface area (Å²) < 4.78 is 2.65. The third-order valence-corrected chi connectivity index (χ3v) is 11.5. The Balaban J connectivity index is 1.18. The first-order chi connectivity index (χ1) is 25.3. The highest BCUT2D eigenvalue weighted by atomic mass is 32.1. The van der Waals surface area contributed by atoms with Crippen LogP contribution in [-0.2, 0) is 0 Å². The summed E-state index contributed by atoms with van der Waals surface area (Å²) in [4.78, 5) is 0. The molecule has 0 bridgehead atoms. The molecule has 0 aliphatic carbocycles. The molecule has 0 nitrogen and oxygen atoms in total. The molecule has 1 aromatic heterocycles. The van der Waals surface area contributed by atoms with E-state index in [2.05, 4.69) is 194 Å². The van der Waals surface area contributed by atoms with Crippen LogP contribution in [-0.4, -0.2) is 0 Å². The molecule has 0 aliphatic rings. The molecule has 10 aromatic rings. The van der Waals surface area contributed by atoms with Gasteiger partial charge in [-0.2, -0.15) is 0 Å². The topological polar surface area (TPSA) is 0 Å². The lowest BCUT2D eigenvalue weighted by molar-refractivity contribution is 1.57. The van der Waals surface area contributed by atoms with E-state index >= 15 is 0 Å². The lowest BCUT2D eigenvalue weighted by atomic mass is 9.88. The predicted molar refractivity (Wildman–Crippen MR) is 222 cm³/mol. The van der Waals surface area contributed by atoms with Gasteiger partial charge in [-0.1, -0.05) is 158 Å². The highest BCUT2D eigenvalue weighted by molar-refractivity contribution is 7.26. The van der Waals surface area contributed by atoms with Crippen LogP contribution < -0.4 is 0 Å². The second kappa shape index (κ2) is 12.2. The number of hydrogen-bond acceptors (Lipinski definition) is 1. The van der Waals surface area contributed by atoms with Gasteiger partial charge in [-0.15, -0.1) is 11.3 Å². The quantitative estimate of drug-likeness (QED) is 0.161. The van der Waals surface area contributed by atoms with Crippen molar-refractivity contribution in [3.63, 3.8) is 0 Å². The molecule has 0 fully saturated rings. The molecule has 0 amide bonds. The maximum Gasteiger partial charge on any atom is 0.0433 e. The normalized spacial score (nSPS) is 11.5. The van der Waals surface area contributed by atoms with Crippen LogP contribution in [0.4, 0.5) is 0 Å². The van der Waals surface area contributed by atoms with Crippen molar-refractivity contribution in [1.82, 2.24) is 0 Å². The number of hydrogen-bond donors (Lipinski definition) is 0. The van der Waals surface area contributed by atoms with Gasteiger partial charge >= 0.3 is 0 Å². The molecular weight excluding hydrogens is 633 g/mol. The van der Waals surface area contributed by atoms with Crippen molar-refractivity contribution < 1.29 is 0 Å². The Morgan fingerprint density at radius 3 is 1.57 bits per heavy atom. The zero-order valence-corrected chi connectivity index (χ0v) is 28.7. The van der Waals surface area contributed by atoms with Gasteiger partial charge in [-0.3, -0.25) is 0 Å². The Bertz CT molecular complexity index is 2890. The molecule has 0 unspecified atom stereocenters. The smallest absolute Gasteiger partial charge is 0.0433 e. The molecule has 0 radical (unpaired) electrons. The Kier molecular flexibility index (Phi) is 7.11. The molecule has 51 heavy (non-hydrogen) atoms. The Morgan fingerprint density at radius 2 is 0.765 bits per heavy atom. The number of rotatable bonds is 5. The molecule has 1 heterocycles. The standard InChI is InChI=1S/C50H32S/c1-2-12-33(13-3-1)34-24-26-35(27-25-34)36-15-10-16-37(28-36)39-29-40(43-21-11-22-47-46-20-8-9-23-49(46)51-50(43)47)31-41(30-39)48-32-38-14-4-5-17-42(38)44-18-6-7-19-45(44)48/h1-32H. The summed E-state index contributed by atoms with van der Waals surface area (Å²) in [5, 5.41) is 7.73. The minimum absolute atomic E-state index is 1.20. The lowest BCUT2D eigenvalue weighted by Crippen LogP contribution is -1.89. The monoisotopic (exact) mass is 664 g/mol. The van der Waals surface area contributed by atoms with Crippen molar-refractivity contribution >= 4 is 53.1 Å². The van der Waals surface area contributed by atoms with Gasteiger partial charge < -0.3 is 0 Å². The molecule has 1 heteroatoms. The van der Waals surface area contributed by atoms with E-state index in [1.54, 1.807) is 0 Å². The van der Waals surface area contributed by atoms with Crippen LogP contribution in [0.25, 0.3) is 97.4 Å². The second-order valence-corrected chi connectivity index (χ2v) is 14.3. The minimum atomic E-state index is 1.20. The van der Waals surface area contributed by atoms with Gasteiger partial charge in [0.2, 0.25) is 0 Å². The second-order valence-electron chi connectivity index (χ2n) is 13.3. The Morgan fingerprint density at radius 1 is 0.255 bits per heavy atom. The summed E-state index contributed by atoms with van der Waals surface area (Å²) in [6, 6.07) is 71.3. The van der Waals surface area contributed by atoms with Crippen LogP contribution in [0.1, 0.15) is 0 Å². The molecule has 0 saturated carbocycles. The molecular formula is C50H32S. The van der Waals surface area contributed by atoms with Crippen LogP contribution >= 0.6 is 11.3 Å². The maximum atomic E-state index is 2.41. The summed E-state index contributed by atoms with van der Waals surface area (Å²) in [5.74, 6) is 0. The van der Waals surface area contributed by atoms with Gasteiger partial charge in [0.05, 0.1) is 0 Å². The largest absolute Gasteiger partial charge is 0.135 e. The van der Waals surface area contributed by atoms with Gasteiger partial charge in [0.15, 0.2) is 0 Å². The Labute approximate surface area is 301 Å². The molecule has 0 aliphatic heterocycles. The molecule has 0 N–H and O–H groups in total. The van der Waals surface area contributed by atoms with Crippen molar-refractivity contribution in [2.24, 2.45) is 0 Å². The number of benzene rings is 9. The van der Waals surface area contributed by atoms with Crippen molar-refractivity contribution in [3.05, 3.63) is 194 Å². The fourth-order valence-corrected chi connectivity index (χ4v) is 8.98. The van der Waals surface area contributed by atoms with Crippen LogP contribution in [0, 0.1) is 0 Å². The van der Waals surface area contributed by atoms with Crippen LogP contribution in [0.15, 0.2) is 194 Å². The fourth-order valence-electron chi connectivity index (χ4n) is 7.74. The maximum absolute atomic E-state index is 2.41. The van der Waals surface area contributed by atoms with Gasteiger partial charge in [-0.25, -0.2) is 0 Å². The van der Waals surface area contributed by atoms with E-state index in [1.807, 2.05) is 11.3 Å². The highest BCUT2D eigenvalue weighted by Crippen LogP contribution is 2.44. The van der Waals surface area contributed by atoms with Crippen molar-refractivity contribution in [2.75, 3.05) is 0 Å². The summed E-state index contributed by atoms with van der Waals surface area (Å²) >= 11 is 1.89. The van der Waals surface area contributed by atoms with E-state index in [4.69, 9.17) is 0 Å². The fraction of sp³-hybridized carbons (Fsp3) is 0. The average Bonchev–Trinajstić information content (AvgIpc) is 3.60. The molecule has 0 saturated heterocycles. The first kappa shape index (κ1) is 29.6. The highest BCUT2D eigenvalue weighted by Gasteiger charge is 2.16. The van der Waals surface area contributed by atoms with Crippen LogP contribution in [0.5, 0.6) is 0 Å². The number of fused-ring (bicyclic) bond motifs is 6. The van der Waals surface area contributed by atoms with Crippen LogP contribution in [0.2, 0.25) is 0 Å². The Hall–Kier alpha value is -6.28. The van der Waals surface area contributed by atoms with E-state index in [1.165, 1.54) is 97.4 Å². The van der Waals surface area contributed by atoms with Gasteiger partial charge in [0, 0.05) is 20.2 Å².